The van der Waals surface area contributed by atoms with Gasteiger partial charge in [-0.05, 0) is 30.0 Å². The molecule has 0 radical (unpaired) electrons. The highest BCUT2D eigenvalue weighted by Gasteiger charge is 2.18. The zero-order chi connectivity index (χ0) is 13.1. The predicted molar refractivity (Wildman–Crippen MR) is 75.4 cm³/mol. The van der Waals surface area contributed by atoms with Gasteiger partial charge in [-0.15, -0.1) is 11.3 Å². The summed E-state index contributed by atoms with van der Waals surface area (Å²) in [5.41, 5.74) is 7.12. The Balaban J connectivity index is 2.36. The SMILES string of the molecule is CC(c1cccs1)N(C)c1c(F)cccc1CN. The summed E-state index contributed by atoms with van der Waals surface area (Å²) in [6.45, 7) is 2.41. The van der Waals surface area contributed by atoms with E-state index in [1.54, 1.807) is 17.4 Å². The van der Waals surface area contributed by atoms with Gasteiger partial charge in [0.25, 0.3) is 0 Å². The van der Waals surface area contributed by atoms with Crippen molar-refractivity contribution in [1.82, 2.24) is 0 Å². The largest absolute Gasteiger partial charge is 0.364 e. The lowest BCUT2D eigenvalue weighted by Crippen LogP contribution is -2.24. The van der Waals surface area contributed by atoms with Gasteiger partial charge in [0.2, 0.25) is 0 Å². The van der Waals surface area contributed by atoms with Crippen LogP contribution in [0.15, 0.2) is 35.7 Å². The molecule has 2 nitrogen and oxygen atoms in total. The zero-order valence-electron chi connectivity index (χ0n) is 10.6. The van der Waals surface area contributed by atoms with Crippen LogP contribution in [0.1, 0.15) is 23.4 Å². The highest BCUT2D eigenvalue weighted by molar-refractivity contribution is 7.10. The predicted octanol–water partition coefficient (Wildman–Crippen LogP) is 3.54. The molecule has 2 rings (SSSR count). The molecule has 18 heavy (non-hydrogen) atoms. The van der Waals surface area contributed by atoms with E-state index in [2.05, 4.69) is 13.0 Å². The van der Waals surface area contributed by atoms with E-state index < -0.39 is 0 Å². The lowest BCUT2D eigenvalue weighted by Gasteiger charge is -2.28. The second-order valence-corrected chi connectivity index (χ2v) is 5.23. The van der Waals surface area contributed by atoms with Crippen molar-refractivity contribution in [2.24, 2.45) is 5.73 Å². The first-order chi connectivity index (χ1) is 8.65. The molecule has 1 unspecified atom stereocenters. The Morgan fingerprint density at radius 1 is 1.33 bits per heavy atom. The highest BCUT2D eigenvalue weighted by Crippen LogP contribution is 2.32. The standard InChI is InChI=1S/C14H17FN2S/c1-10(13-7-4-8-18-13)17(2)14-11(9-16)5-3-6-12(14)15/h3-8,10H,9,16H2,1-2H3. The first-order valence-corrected chi connectivity index (χ1v) is 6.76. The quantitative estimate of drug-likeness (QED) is 0.915. The Morgan fingerprint density at radius 3 is 2.72 bits per heavy atom. The average molecular weight is 264 g/mol. The topological polar surface area (TPSA) is 29.3 Å². The Morgan fingerprint density at radius 2 is 2.11 bits per heavy atom. The van der Waals surface area contributed by atoms with Crippen LogP contribution in [0.4, 0.5) is 10.1 Å². The number of thiophene rings is 1. The third-order valence-electron chi connectivity index (χ3n) is 3.18. The second-order valence-electron chi connectivity index (χ2n) is 4.25. The lowest BCUT2D eigenvalue weighted by atomic mass is 10.1. The van der Waals surface area contributed by atoms with Gasteiger partial charge in [0.05, 0.1) is 11.7 Å². The Labute approximate surface area is 111 Å². The minimum Gasteiger partial charge on any atom is -0.364 e. The molecule has 1 aromatic heterocycles. The zero-order valence-corrected chi connectivity index (χ0v) is 11.4. The number of para-hydroxylation sites is 1. The summed E-state index contributed by atoms with van der Waals surface area (Å²) >= 11 is 1.68. The lowest BCUT2D eigenvalue weighted by molar-refractivity contribution is 0.610. The minimum absolute atomic E-state index is 0.132. The van der Waals surface area contributed by atoms with Gasteiger partial charge < -0.3 is 10.6 Å². The third kappa shape index (κ3) is 2.40. The smallest absolute Gasteiger partial charge is 0.146 e. The maximum absolute atomic E-state index is 14.0. The van der Waals surface area contributed by atoms with E-state index >= 15 is 0 Å². The fourth-order valence-electron chi connectivity index (χ4n) is 2.03. The Bertz CT molecular complexity index is 511. The molecule has 0 amide bonds. The average Bonchev–Trinajstić information content (AvgIpc) is 2.90. The van der Waals surface area contributed by atoms with Crippen molar-refractivity contribution in [3.05, 3.63) is 52.0 Å². The van der Waals surface area contributed by atoms with Crippen molar-refractivity contribution in [1.29, 1.82) is 0 Å². The van der Waals surface area contributed by atoms with Gasteiger partial charge in [0.15, 0.2) is 0 Å². The van der Waals surface area contributed by atoms with Crippen LogP contribution in [-0.4, -0.2) is 7.05 Å². The van der Waals surface area contributed by atoms with Crippen molar-refractivity contribution in [2.75, 3.05) is 11.9 Å². The summed E-state index contributed by atoms with van der Waals surface area (Å²) in [6.07, 6.45) is 0. The molecule has 1 heterocycles. The van der Waals surface area contributed by atoms with E-state index in [-0.39, 0.29) is 11.9 Å². The number of nitrogens with two attached hydrogens (primary N) is 1. The van der Waals surface area contributed by atoms with E-state index in [1.165, 1.54) is 10.9 Å². The molecule has 1 aromatic carbocycles. The Kier molecular flexibility index (Phi) is 3.99. The van der Waals surface area contributed by atoms with Crippen molar-refractivity contribution < 1.29 is 4.39 Å². The maximum Gasteiger partial charge on any atom is 0.146 e. The molecule has 0 fully saturated rings. The van der Waals surface area contributed by atoms with Crippen LogP contribution in [0.25, 0.3) is 0 Å². The van der Waals surface area contributed by atoms with E-state index in [0.717, 1.165) is 5.56 Å². The van der Waals surface area contributed by atoms with Crippen molar-refractivity contribution in [3.8, 4) is 0 Å². The maximum atomic E-state index is 14.0. The van der Waals surface area contributed by atoms with E-state index in [1.807, 2.05) is 29.5 Å². The molecular weight excluding hydrogens is 247 g/mol. The van der Waals surface area contributed by atoms with Gasteiger partial charge in [0.1, 0.15) is 5.82 Å². The molecule has 0 aliphatic rings. The summed E-state index contributed by atoms with van der Waals surface area (Å²) in [4.78, 5) is 3.16. The van der Waals surface area contributed by atoms with Gasteiger partial charge in [0, 0.05) is 18.5 Å². The van der Waals surface area contributed by atoms with Crippen LogP contribution in [-0.2, 0) is 6.54 Å². The van der Waals surface area contributed by atoms with Gasteiger partial charge in [-0.3, -0.25) is 0 Å². The monoisotopic (exact) mass is 264 g/mol. The highest BCUT2D eigenvalue weighted by atomic mass is 32.1. The molecule has 0 bridgehead atoms. The minimum atomic E-state index is -0.219. The first kappa shape index (κ1) is 13.1. The van der Waals surface area contributed by atoms with Crippen LogP contribution in [0.2, 0.25) is 0 Å². The van der Waals surface area contributed by atoms with E-state index in [0.29, 0.717) is 12.2 Å². The van der Waals surface area contributed by atoms with E-state index in [4.69, 9.17) is 5.73 Å². The number of nitrogens with zero attached hydrogens (tertiary/aromatic N) is 1. The second kappa shape index (κ2) is 5.50. The van der Waals surface area contributed by atoms with Crippen molar-refractivity contribution in [3.63, 3.8) is 0 Å². The molecule has 1 atom stereocenters. The first-order valence-electron chi connectivity index (χ1n) is 5.89. The summed E-state index contributed by atoms with van der Waals surface area (Å²) in [7, 11) is 1.90. The molecule has 4 heteroatoms. The van der Waals surface area contributed by atoms with Crippen LogP contribution in [0.5, 0.6) is 0 Å². The number of halogens is 1. The van der Waals surface area contributed by atoms with E-state index in [9.17, 15) is 4.39 Å². The Hall–Kier alpha value is -1.39. The number of hydrogen-bond donors (Lipinski definition) is 1. The number of anilines is 1. The molecule has 2 N–H and O–H groups in total. The molecular formula is C14H17FN2S. The summed E-state index contributed by atoms with van der Waals surface area (Å²) in [5, 5.41) is 2.03. The normalized spacial score (nSPS) is 12.4. The third-order valence-corrected chi connectivity index (χ3v) is 4.22. The molecule has 2 aromatic rings. The van der Waals surface area contributed by atoms with Crippen LogP contribution in [0.3, 0.4) is 0 Å². The molecule has 0 aliphatic heterocycles. The van der Waals surface area contributed by atoms with Crippen LogP contribution < -0.4 is 10.6 Å². The fraction of sp³-hybridized carbons (Fsp3) is 0.286. The molecule has 0 spiro atoms. The van der Waals surface area contributed by atoms with Crippen molar-refractivity contribution in [2.45, 2.75) is 19.5 Å². The summed E-state index contributed by atoms with van der Waals surface area (Å²) in [5.74, 6) is -0.219. The molecule has 0 saturated heterocycles. The number of rotatable bonds is 4. The van der Waals surface area contributed by atoms with Crippen LogP contribution in [0, 0.1) is 5.82 Å². The van der Waals surface area contributed by atoms with Gasteiger partial charge in [-0.1, -0.05) is 18.2 Å². The molecule has 96 valence electrons. The van der Waals surface area contributed by atoms with Crippen LogP contribution >= 0.6 is 11.3 Å². The van der Waals surface area contributed by atoms with Gasteiger partial charge >= 0.3 is 0 Å². The molecule has 0 saturated carbocycles. The van der Waals surface area contributed by atoms with Gasteiger partial charge in [-0.25, -0.2) is 4.39 Å². The number of hydrogen-bond acceptors (Lipinski definition) is 3. The summed E-state index contributed by atoms with van der Waals surface area (Å²) in [6, 6.07) is 9.25. The van der Waals surface area contributed by atoms with Gasteiger partial charge in [-0.2, -0.15) is 0 Å². The molecule has 0 aliphatic carbocycles. The van der Waals surface area contributed by atoms with Crippen molar-refractivity contribution >= 4 is 17.0 Å². The summed E-state index contributed by atoms with van der Waals surface area (Å²) < 4.78 is 14.0. The number of benzene rings is 1. The fourth-order valence-corrected chi connectivity index (χ4v) is 2.86.